The predicted octanol–water partition coefficient (Wildman–Crippen LogP) is 5.97. The quantitative estimate of drug-likeness (QED) is 0.531. The molecule has 0 aliphatic heterocycles. The van der Waals surface area contributed by atoms with E-state index in [4.69, 9.17) is 11.6 Å². The Morgan fingerprint density at radius 3 is 1.73 bits per heavy atom. The molecule has 0 saturated carbocycles. The van der Waals surface area contributed by atoms with Gasteiger partial charge in [-0.1, -0.05) is 60.1 Å². The Hall–Kier alpha value is -3.09. The highest BCUT2D eigenvalue weighted by Gasteiger charge is 2.25. The van der Waals surface area contributed by atoms with E-state index < -0.39 is 16.1 Å². The molecule has 3 aromatic carbocycles. The van der Waals surface area contributed by atoms with Gasteiger partial charge < -0.3 is 0 Å². The summed E-state index contributed by atoms with van der Waals surface area (Å²) < 4.78 is 28.1. The number of benzene rings is 3. The van der Waals surface area contributed by atoms with Gasteiger partial charge in [0.05, 0.1) is 16.3 Å². The van der Waals surface area contributed by atoms with Crippen molar-refractivity contribution < 1.29 is 13.2 Å². The molecule has 2 amide bonds. The van der Waals surface area contributed by atoms with E-state index >= 15 is 0 Å². The van der Waals surface area contributed by atoms with Crippen molar-refractivity contribution in [2.75, 3.05) is 4.90 Å². The van der Waals surface area contributed by atoms with Gasteiger partial charge in [0.15, 0.2) is 0 Å². The van der Waals surface area contributed by atoms with Gasteiger partial charge in [-0.15, -0.1) is 0 Å². The number of carbonyl (C=O) groups is 1. The van der Waals surface area contributed by atoms with Gasteiger partial charge in [0.1, 0.15) is 0 Å². The number of para-hydroxylation sites is 2. The van der Waals surface area contributed by atoms with Crippen molar-refractivity contribution in [1.82, 2.24) is 4.72 Å². The summed E-state index contributed by atoms with van der Waals surface area (Å²) in [6, 6.07) is 23.8. The number of allylic oxidation sites excluding steroid dienone is 2. The van der Waals surface area contributed by atoms with Crippen molar-refractivity contribution in [2.45, 2.75) is 13.8 Å². The monoisotopic (exact) mass is 440 g/mol. The van der Waals surface area contributed by atoms with Crippen LogP contribution in [0.15, 0.2) is 89.8 Å². The molecular formula is C23H21ClN2O3S. The Bertz CT molecular complexity index is 1120. The van der Waals surface area contributed by atoms with Gasteiger partial charge in [0, 0.05) is 5.02 Å². The number of sulfonamides is 1. The number of halogens is 1. The number of rotatable bonds is 5. The van der Waals surface area contributed by atoms with E-state index in [0.29, 0.717) is 27.5 Å². The lowest BCUT2D eigenvalue weighted by Crippen LogP contribution is -2.40. The zero-order valence-electron chi connectivity index (χ0n) is 16.5. The average Bonchev–Trinajstić information content (AvgIpc) is 2.74. The number of carbonyl (C=O) groups excluding carboxylic acids is 1. The smallest absolute Gasteiger partial charge is 0.262 e. The molecule has 0 aliphatic rings. The fourth-order valence-corrected chi connectivity index (χ4v) is 4.00. The zero-order valence-corrected chi connectivity index (χ0v) is 18.1. The highest BCUT2D eigenvalue weighted by molar-refractivity contribution is 7.94. The maximum Gasteiger partial charge on any atom is 0.340 e. The van der Waals surface area contributed by atoms with Crippen LogP contribution < -0.4 is 9.62 Å². The third-order valence-electron chi connectivity index (χ3n) is 4.66. The standard InChI is InChI=1S/C23H21ClN2O3S/c1-17(19-13-15-20(24)16-14-19)18(2)30(28,29)25-23(27)26(21-9-5-3-6-10-21)22-11-7-4-8-12-22/h3-16H,1-2H3,(H,25,27). The minimum Gasteiger partial charge on any atom is -0.262 e. The lowest BCUT2D eigenvalue weighted by Gasteiger charge is -2.23. The Kier molecular flexibility index (Phi) is 6.59. The number of hydrogen-bond acceptors (Lipinski definition) is 3. The van der Waals surface area contributed by atoms with Gasteiger partial charge in [-0.2, -0.15) is 0 Å². The first-order valence-electron chi connectivity index (χ1n) is 9.20. The van der Waals surface area contributed by atoms with E-state index in [1.807, 2.05) is 12.1 Å². The molecule has 1 N–H and O–H groups in total. The van der Waals surface area contributed by atoms with Crippen molar-refractivity contribution in [3.63, 3.8) is 0 Å². The van der Waals surface area contributed by atoms with Crippen LogP contribution in [0.3, 0.4) is 0 Å². The lowest BCUT2D eigenvalue weighted by molar-refractivity contribution is 0.253. The molecule has 3 rings (SSSR count). The number of hydrogen-bond donors (Lipinski definition) is 1. The summed E-state index contributed by atoms with van der Waals surface area (Å²) >= 11 is 5.91. The van der Waals surface area contributed by atoms with Gasteiger partial charge >= 0.3 is 6.03 Å². The molecule has 3 aromatic rings. The van der Waals surface area contributed by atoms with Gasteiger partial charge in [0.2, 0.25) is 0 Å². The largest absolute Gasteiger partial charge is 0.340 e. The van der Waals surface area contributed by atoms with Crippen LogP contribution in [0.5, 0.6) is 0 Å². The molecule has 0 saturated heterocycles. The van der Waals surface area contributed by atoms with Crippen LogP contribution in [0.4, 0.5) is 16.2 Å². The highest BCUT2D eigenvalue weighted by Crippen LogP contribution is 2.27. The highest BCUT2D eigenvalue weighted by atomic mass is 35.5. The van der Waals surface area contributed by atoms with E-state index in [-0.39, 0.29) is 4.91 Å². The van der Waals surface area contributed by atoms with Gasteiger partial charge in [0.25, 0.3) is 10.0 Å². The number of anilines is 2. The van der Waals surface area contributed by atoms with Crippen molar-refractivity contribution in [1.29, 1.82) is 0 Å². The summed E-state index contributed by atoms with van der Waals surface area (Å²) in [7, 11) is -4.07. The van der Waals surface area contributed by atoms with Crippen LogP contribution in [-0.4, -0.2) is 14.4 Å². The normalized spacial score (nSPS) is 12.1. The Morgan fingerprint density at radius 1 is 0.800 bits per heavy atom. The average molecular weight is 441 g/mol. The topological polar surface area (TPSA) is 66.5 Å². The lowest BCUT2D eigenvalue weighted by atomic mass is 10.1. The van der Waals surface area contributed by atoms with Gasteiger partial charge in [-0.25, -0.2) is 17.9 Å². The van der Waals surface area contributed by atoms with E-state index in [0.717, 1.165) is 0 Å². The number of nitrogens with zero attached hydrogens (tertiary/aromatic N) is 1. The van der Waals surface area contributed by atoms with Gasteiger partial charge in [-0.3, -0.25) is 4.90 Å². The minimum absolute atomic E-state index is 0.0549. The van der Waals surface area contributed by atoms with Crippen molar-refractivity contribution in [3.8, 4) is 0 Å². The molecule has 0 atom stereocenters. The second-order valence-corrected chi connectivity index (χ2v) is 8.87. The zero-order chi connectivity index (χ0) is 21.7. The first-order chi connectivity index (χ1) is 14.3. The van der Waals surface area contributed by atoms with Crippen molar-refractivity contribution in [3.05, 3.63) is 100 Å². The van der Waals surface area contributed by atoms with E-state index in [9.17, 15) is 13.2 Å². The number of amides is 2. The fourth-order valence-electron chi connectivity index (χ4n) is 2.88. The Morgan fingerprint density at radius 2 is 1.27 bits per heavy atom. The molecule has 0 spiro atoms. The third kappa shape index (κ3) is 4.90. The van der Waals surface area contributed by atoms with Crippen LogP contribution in [0.1, 0.15) is 19.4 Å². The summed E-state index contributed by atoms with van der Waals surface area (Å²) in [6.07, 6.45) is 0. The molecule has 0 aromatic heterocycles. The fraction of sp³-hybridized carbons (Fsp3) is 0.0870. The molecule has 7 heteroatoms. The summed E-state index contributed by atoms with van der Waals surface area (Å²) in [5.41, 5.74) is 2.33. The van der Waals surface area contributed by atoms with Crippen molar-refractivity contribution >= 4 is 44.6 Å². The van der Waals surface area contributed by atoms with Gasteiger partial charge in [-0.05, 0) is 61.4 Å². The van der Waals surface area contributed by atoms with E-state index in [2.05, 4.69) is 4.72 Å². The molecule has 30 heavy (non-hydrogen) atoms. The maximum atomic E-state index is 13.1. The number of urea groups is 1. The third-order valence-corrected chi connectivity index (χ3v) is 6.47. The second kappa shape index (κ2) is 9.15. The first-order valence-corrected chi connectivity index (χ1v) is 11.1. The number of nitrogens with one attached hydrogen (secondary N) is 1. The summed E-state index contributed by atoms with van der Waals surface area (Å²) in [6.45, 7) is 3.16. The molecule has 154 valence electrons. The molecule has 0 heterocycles. The van der Waals surface area contributed by atoms with Crippen LogP contribution in [-0.2, 0) is 10.0 Å². The van der Waals surface area contributed by atoms with Crippen molar-refractivity contribution in [2.24, 2.45) is 0 Å². The molecule has 0 fully saturated rings. The van der Waals surface area contributed by atoms with Crippen LogP contribution in [0.2, 0.25) is 5.02 Å². The molecule has 0 radical (unpaired) electrons. The summed E-state index contributed by atoms with van der Waals surface area (Å²) in [5, 5.41) is 0.557. The second-order valence-electron chi connectivity index (χ2n) is 6.61. The summed E-state index contributed by atoms with van der Waals surface area (Å²) in [4.78, 5) is 14.4. The van der Waals surface area contributed by atoms with Crippen LogP contribution >= 0.6 is 11.6 Å². The summed E-state index contributed by atoms with van der Waals surface area (Å²) in [5.74, 6) is 0. The van der Waals surface area contributed by atoms with E-state index in [1.54, 1.807) is 79.7 Å². The Balaban J connectivity index is 1.94. The predicted molar refractivity (Wildman–Crippen MR) is 122 cm³/mol. The first kappa shape index (κ1) is 21.6. The van der Waals surface area contributed by atoms with Crippen LogP contribution in [0.25, 0.3) is 5.57 Å². The molecular weight excluding hydrogens is 420 g/mol. The van der Waals surface area contributed by atoms with Crippen LogP contribution in [0, 0.1) is 0 Å². The minimum atomic E-state index is -4.07. The molecule has 0 bridgehead atoms. The SMILES string of the molecule is CC(=C(C)S(=O)(=O)NC(=O)N(c1ccccc1)c1ccccc1)c1ccc(Cl)cc1. The molecule has 0 unspecified atom stereocenters. The molecule has 0 aliphatic carbocycles. The maximum absolute atomic E-state index is 13.1. The van der Waals surface area contributed by atoms with E-state index in [1.165, 1.54) is 11.8 Å². The Labute approximate surface area is 181 Å². The molecule has 5 nitrogen and oxygen atoms in total.